The fourth-order valence-corrected chi connectivity index (χ4v) is 4.23. The van der Waals surface area contributed by atoms with E-state index in [1.165, 1.54) is 19.3 Å². The van der Waals surface area contributed by atoms with Crippen molar-refractivity contribution in [2.45, 2.75) is 32.1 Å². The molecule has 1 aromatic heterocycles. The van der Waals surface area contributed by atoms with E-state index < -0.39 is 0 Å². The van der Waals surface area contributed by atoms with Crippen molar-refractivity contribution in [2.24, 2.45) is 0 Å². The summed E-state index contributed by atoms with van der Waals surface area (Å²) in [5, 5.41) is 3.46. The highest BCUT2D eigenvalue weighted by atomic mass is 35.5. The lowest BCUT2D eigenvalue weighted by Crippen LogP contribution is -2.29. The summed E-state index contributed by atoms with van der Waals surface area (Å²) in [7, 11) is 0. The van der Waals surface area contributed by atoms with Gasteiger partial charge in [0, 0.05) is 31.9 Å². The Hall–Kier alpha value is -2.60. The number of nitrogens with one attached hydrogen (secondary N) is 1. The van der Waals surface area contributed by atoms with Crippen LogP contribution in [0.1, 0.15) is 53.1 Å². The lowest BCUT2D eigenvalue weighted by atomic mass is 10.1. The molecule has 6 nitrogen and oxygen atoms in total. The highest BCUT2D eigenvalue weighted by molar-refractivity contribution is 6.33. The van der Waals surface area contributed by atoms with Gasteiger partial charge in [-0.15, -0.1) is 0 Å². The van der Waals surface area contributed by atoms with Crippen LogP contribution in [0, 0.1) is 0 Å². The number of rotatable bonds is 4. The fraction of sp³-hybridized carbons (Fsp3) is 0.409. The maximum Gasteiger partial charge on any atom is 0.274 e. The first-order valence-electron chi connectivity index (χ1n) is 10.2. The zero-order valence-corrected chi connectivity index (χ0v) is 17.1. The number of carbonyl (C=O) groups is 2. The summed E-state index contributed by atoms with van der Waals surface area (Å²) >= 11 is 6.47. The molecule has 152 valence electrons. The van der Waals surface area contributed by atoms with E-state index in [1.54, 1.807) is 29.2 Å². The molecule has 2 amide bonds. The van der Waals surface area contributed by atoms with Gasteiger partial charge in [0.25, 0.3) is 11.8 Å². The zero-order chi connectivity index (χ0) is 20.2. The van der Waals surface area contributed by atoms with Crippen LogP contribution in [0.3, 0.4) is 0 Å². The van der Waals surface area contributed by atoms with Gasteiger partial charge in [-0.1, -0.05) is 17.7 Å². The minimum absolute atomic E-state index is 0.119. The SMILES string of the molecule is O=C(Nc1ccc(N2CCCCC2)c(Cl)c1)c1cccc(C(=O)N2CCCC2)n1. The standard InChI is InChI=1S/C22H25ClN4O2/c23-17-15-16(9-10-20(17)26-11-2-1-3-12-26)24-21(28)18-7-6-8-19(25-18)22(29)27-13-4-5-14-27/h6-10,15H,1-5,11-14H2,(H,24,28). The monoisotopic (exact) mass is 412 g/mol. The first kappa shape index (κ1) is 19.7. The summed E-state index contributed by atoms with van der Waals surface area (Å²) in [6.07, 6.45) is 5.63. The largest absolute Gasteiger partial charge is 0.370 e. The predicted octanol–water partition coefficient (Wildman–Crippen LogP) is 4.21. The summed E-state index contributed by atoms with van der Waals surface area (Å²) in [5.41, 5.74) is 2.13. The third-order valence-electron chi connectivity index (χ3n) is 5.50. The second-order valence-electron chi connectivity index (χ2n) is 7.58. The Morgan fingerprint density at radius 1 is 0.897 bits per heavy atom. The second-order valence-corrected chi connectivity index (χ2v) is 7.98. The minimum Gasteiger partial charge on any atom is -0.370 e. The topological polar surface area (TPSA) is 65.5 Å². The van der Waals surface area contributed by atoms with Crippen LogP contribution >= 0.6 is 11.6 Å². The molecule has 0 unspecified atom stereocenters. The highest BCUT2D eigenvalue weighted by Crippen LogP contribution is 2.31. The van der Waals surface area contributed by atoms with Crippen LogP contribution in [0.4, 0.5) is 11.4 Å². The lowest BCUT2D eigenvalue weighted by Gasteiger charge is -2.29. The van der Waals surface area contributed by atoms with E-state index in [2.05, 4.69) is 15.2 Å². The van der Waals surface area contributed by atoms with Gasteiger partial charge in [-0.3, -0.25) is 9.59 Å². The molecule has 2 aromatic rings. The van der Waals surface area contributed by atoms with E-state index in [0.29, 0.717) is 16.4 Å². The Morgan fingerprint density at radius 2 is 1.59 bits per heavy atom. The number of amides is 2. The van der Waals surface area contributed by atoms with Crippen molar-refractivity contribution in [3.8, 4) is 0 Å². The molecular weight excluding hydrogens is 388 g/mol. The van der Waals surface area contributed by atoms with Crippen LogP contribution in [0.2, 0.25) is 5.02 Å². The van der Waals surface area contributed by atoms with Crippen molar-refractivity contribution >= 4 is 34.8 Å². The second kappa shape index (κ2) is 8.82. The molecule has 0 spiro atoms. The summed E-state index contributed by atoms with van der Waals surface area (Å²) in [6, 6.07) is 10.5. The lowest BCUT2D eigenvalue weighted by molar-refractivity contribution is 0.0787. The van der Waals surface area contributed by atoms with Crippen LogP contribution < -0.4 is 10.2 Å². The quantitative estimate of drug-likeness (QED) is 0.816. The maximum atomic E-state index is 12.7. The fourth-order valence-electron chi connectivity index (χ4n) is 3.93. The average molecular weight is 413 g/mol. The Kier molecular flexibility index (Phi) is 6.00. The first-order chi connectivity index (χ1) is 14.1. The Labute approximate surface area is 175 Å². The number of pyridine rings is 1. The first-order valence-corrected chi connectivity index (χ1v) is 10.6. The molecule has 2 aliphatic heterocycles. The normalized spacial score (nSPS) is 16.7. The molecule has 2 fully saturated rings. The van der Waals surface area contributed by atoms with Crippen LogP contribution in [0.25, 0.3) is 0 Å². The molecule has 2 aliphatic rings. The summed E-state index contributed by atoms with van der Waals surface area (Å²) in [6.45, 7) is 3.51. The molecule has 2 saturated heterocycles. The van der Waals surface area contributed by atoms with Gasteiger partial charge in [0.2, 0.25) is 0 Å². The van der Waals surface area contributed by atoms with E-state index in [4.69, 9.17) is 11.6 Å². The molecule has 0 radical (unpaired) electrons. The van der Waals surface area contributed by atoms with Crippen molar-refractivity contribution in [2.75, 3.05) is 36.4 Å². The van der Waals surface area contributed by atoms with Crippen LogP contribution in [0.15, 0.2) is 36.4 Å². The van der Waals surface area contributed by atoms with Crippen molar-refractivity contribution in [1.29, 1.82) is 0 Å². The molecule has 4 rings (SSSR count). The molecule has 7 heteroatoms. The smallest absolute Gasteiger partial charge is 0.274 e. The summed E-state index contributed by atoms with van der Waals surface area (Å²) in [4.78, 5) is 33.5. The number of halogens is 1. The van der Waals surface area contributed by atoms with Crippen LogP contribution in [0.5, 0.6) is 0 Å². The Bertz CT molecular complexity index is 905. The molecule has 0 atom stereocenters. The Balaban J connectivity index is 1.45. The van der Waals surface area contributed by atoms with Crippen LogP contribution in [-0.2, 0) is 0 Å². The molecular formula is C22H25ClN4O2. The number of likely N-dealkylation sites (tertiary alicyclic amines) is 1. The maximum absolute atomic E-state index is 12.7. The van der Waals surface area contributed by atoms with E-state index in [1.807, 2.05) is 12.1 Å². The van der Waals surface area contributed by atoms with Crippen LogP contribution in [-0.4, -0.2) is 47.9 Å². The van der Waals surface area contributed by atoms with Gasteiger partial charge in [0.05, 0.1) is 10.7 Å². The number of aromatic nitrogens is 1. The molecule has 0 saturated carbocycles. The number of benzene rings is 1. The van der Waals surface area contributed by atoms with Gasteiger partial charge in [0.1, 0.15) is 11.4 Å². The molecule has 3 heterocycles. The summed E-state index contributed by atoms with van der Waals surface area (Å²) in [5.74, 6) is -0.478. The van der Waals surface area contributed by atoms with E-state index in [0.717, 1.165) is 44.7 Å². The summed E-state index contributed by atoms with van der Waals surface area (Å²) < 4.78 is 0. The molecule has 0 bridgehead atoms. The molecule has 0 aliphatic carbocycles. The Morgan fingerprint density at radius 3 is 2.31 bits per heavy atom. The number of piperidine rings is 1. The van der Waals surface area contributed by atoms with Gasteiger partial charge in [-0.05, 0) is 62.4 Å². The molecule has 1 aromatic carbocycles. The van der Waals surface area contributed by atoms with Gasteiger partial charge >= 0.3 is 0 Å². The number of nitrogens with zero attached hydrogens (tertiary/aromatic N) is 3. The number of hydrogen-bond acceptors (Lipinski definition) is 4. The molecule has 29 heavy (non-hydrogen) atoms. The van der Waals surface area contributed by atoms with Crippen molar-refractivity contribution in [1.82, 2.24) is 9.88 Å². The average Bonchev–Trinajstić information content (AvgIpc) is 3.29. The highest BCUT2D eigenvalue weighted by Gasteiger charge is 2.21. The van der Waals surface area contributed by atoms with E-state index >= 15 is 0 Å². The van der Waals surface area contributed by atoms with E-state index in [9.17, 15) is 9.59 Å². The van der Waals surface area contributed by atoms with Gasteiger partial charge < -0.3 is 15.1 Å². The third kappa shape index (κ3) is 4.53. The molecule has 1 N–H and O–H groups in total. The number of carbonyl (C=O) groups excluding carboxylic acids is 2. The van der Waals surface area contributed by atoms with Gasteiger partial charge in [-0.25, -0.2) is 4.98 Å². The van der Waals surface area contributed by atoms with Crippen molar-refractivity contribution in [3.05, 3.63) is 52.8 Å². The minimum atomic E-state index is -0.358. The third-order valence-corrected chi connectivity index (χ3v) is 5.80. The van der Waals surface area contributed by atoms with Crippen molar-refractivity contribution in [3.63, 3.8) is 0 Å². The van der Waals surface area contributed by atoms with E-state index in [-0.39, 0.29) is 17.5 Å². The van der Waals surface area contributed by atoms with Crippen molar-refractivity contribution < 1.29 is 9.59 Å². The van der Waals surface area contributed by atoms with Gasteiger partial charge in [-0.2, -0.15) is 0 Å². The van der Waals surface area contributed by atoms with Gasteiger partial charge in [0.15, 0.2) is 0 Å². The number of anilines is 2. The zero-order valence-electron chi connectivity index (χ0n) is 16.4. The predicted molar refractivity (Wildman–Crippen MR) is 115 cm³/mol. The number of hydrogen-bond donors (Lipinski definition) is 1.